The standard InChI is InChI=1S/C25H29F3O3/c1-3-4-5-13-30-23-11-7-17(15-22(23)26)20-9-10-21(25(28)24(20)27)18-6-8-19(31-16-18)12-14-29-2/h3,7,9-11,15,18-19H,1,4-6,8,12-14,16H2,2H3. The van der Waals surface area contributed by atoms with Gasteiger partial charge in [0.15, 0.2) is 23.2 Å². The molecule has 0 bridgehead atoms. The molecule has 0 radical (unpaired) electrons. The topological polar surface area (TPSA) is 27.7 Å². The van der Waals surface area contributed by atoms with E-state index >= 15 is 0 Å². The maximum atomic E-state index is 14.9. The van der Waals surface area contributed by atoms with Crippen LogP contribution in [0, 0.1) is 17.5 Å². The quantitative estimate of drug-likeness (QED) is 0.319. The normalized spacial score (nSPS) is 18.7. The number of halogens is 3. The lowest BCUT2D eigenvalue weighted by Gasteiger charge is -2.29. The van der Waals surface area contributed by atoms with E-state index in [4.69, 9.17) is 14.2 Å². The Bertz CT molecular complexity index is 877. The van der Waals surface area contributed by atoms with E-state index in [1.807, 2.05) is 0 Å². The summed E-state index contributed by atoms with van der Waals surface area (Å²) < 4.78 is 60.4. The van der Waals surface area contributed by atoms with E-state index in [1.165, 1.54) is 24.3 Å². The van der Waals surface area contributed by atoms with E-state index in [2.05, 4.69) is 6.58 Å². The molecule has 168 valence electrons. The largest absolute Gasteiger partial charge is 0.491 e. The molecule has 0 spiro atoms. The second-order valence-electron chi connectivity index (χ2n) is 7.77. The number of unbranched alkanes of at least 4 members (excludes halogenated alkanes) is 1. The van der Waals surface area contributed by atoms with Crippen LogP contribution < -0.4 is 4.74 Å². The molecule has 1 aliphatic heterocycles. The molecule has 3 rings (SSSR count). The Kier molecular flexibility index (Phi) is 8.55. The molecule has 2 unspecified atom stereocenters. The van der Waals surface area contributed by atoms with E-state index in [1.54, 1.807) is 19.3 Å². The van der Waals surface area contributed by atoms with Gasteiger partial charge in [0.1, 0.15) is 0 Å². The van der Waals surface area contributed by atoms with Crippen LogP contribution in [-0.2, 0) is 9.47 Å². The molecule has 31 heavy (non-hydrogen) atoms. The van der Waals surface area contributed by atoms with Gasteiger partial charge in [-0.15, -0.1) is 6.58 Å². The summed E-state index contributed by atoms with van der Waals surface area (Å²) >= 11 is 0. The van der Waals surface area contributed by atoms with Crippen molar-refractivity contribution >= 4 is 0 Å². The number of hydrogen-bond acceptors (Lipinski definition) is 3. The molecule has 1 saturated heterocycles. The lowest BCUT2D eigenvalue weighted by Crippen LogP contribution is -2.26. The highest BCUT2D eigenvalue weighted by Gasteiger charge is 2.27. The predicted octanol–water partition coefficient (Wildman–Crippen LogP) is 6.42. The molecule has 3 nitrogen and oxygen atoms in total. The number of benzene rings is 2. The third kappa shape index (κ3) is 5.89. The Hall–Kier alpha value is -2.31. The van der Waals surface area contributed by atoms with Crippen LogP contribution in [0.2, 0.25) is 0 Å². The van der Waals surface area contributed by atoms with Crippen molar-refractivity contribution in [2.24, 2.45) is 0 Å². The zero-order valence-electron chi connectivity index (χ0n) is 17.8. The maximum Gasteiger partial charge on any atom is 0.166 e. The van der Waals surface area contributed by atoms with Gasteiger partial charge in [-0.05, 0) is 55.4 Å². The second kappa shape index (κ2) is 11.3. The van der Waals surface area contributed by atoms with Crippen LogP contribution in [0.5, 0.6) is 5.75 Å². The van der Waals surface area contributed by atoms with Crippen molar-refractivity contribution in [3.63, 3.8) is 0 Å². The highest BCUT2D eigenvalue weighted by molar-refractivity contribution is 5.66. The molecule has 6 heteroatoms. The Morgan fingerprint density at radius 1 is 1.10 bits per heavy atom. The van der Waals surface area contributed by atoms with Gasteiger partial charge >= 0.3 is 0 Å². The first kappa shape index (κ1) is 23.4. The highest BCUT2D eigenvalue weighted by Crippen LogP contribution is 2.35. The SMILES string of the molecule is C=CCCCOc1ccc(-c2ccc(C3CCC(CCOC)OC3)c(F)c2F)cc1F. The summed E-state index contributed by atoms with van der Waals surface area (Å²) in [6, 6.07) is 7.23. The van der Waals surface area contributed by atoms with Crippen molar-refractivity contribution in [1.82, 2.24) is 0 Å². The molecule has 1 heterocycles. The molecule has 0 saturated carbocycles. The van der Waals surface area contributed by atoms with Crippen LogP contribution in [0.25, 0.3) is 11.1 Å². The van der Waals surface area contributed by atoms with Crippen LogP contribution in [0.4, 0.5) is 13.2 Å². The summed E-state index contributed by atoms with van der Waals surface area (Å²) in [6.07, 6.45) is 5.64. The number of rotatable bonds is 10. The summed E-state index contributed by atoms with van der Waals surface area (Å²) in [5, 5.41) is 0. The van der Waals surface area contributed by atoms with Crippen molar-refractivity contribution in [3.8, 4) is 16.9 Å². The minimum absolute atomic E-state index is 0.0213. The zero-order valence-corrected chi connectivity index (χ0v) is 17.8. The van der Waals surface area contributed by atoms with Crippen molar-refractivity contribution in [2.75, 3.05) is 26.9 Å². The van der Waals surface area contributed by atoms with E-state index in [0.717, 1.165) is 32.1 Å². The molecule has 2 aromatic rings. The van der Waals surface area contributed by atoms with E-state index in [-0.39, 0.29) is 28.9 Å². The summed E-state index contributed by atoms with van der Waals surface area (Å²) in [4.78, 5) is 0. The Morgan fingerprint density at radius 3 is 2.61 bits per heavy atom. The van der Waals surface area contributed by atoms with Crippen LogP contribution in [-0.4, -0.2) is 33.0 Å². The lowest BCUT2D eigenvalue weighted by atomic mass is 9.89. The fraction of sp³-hybridized carbons (Fsp3) is 0.440. The summed E-state index contributed by atoms with van der Waals surface area (Å²) in [5.41, 5.74) is 0.584. The van der Waals surface area contributed by atoms with Crippen molar-refractivity contribution < 1.29 is 27.4 Å². The fourth-order valence-electron chi connectivity index (χ4n) is 3.83. The van der Waals surface area contributed by atoms with Crippen LogP contribution in [0.3, 0.4) is 0 Å². The molecule has 0 N–H and O–H groups in total. The van der Waals surface area contributed by atoms with Gasteiger partial charge in [-0.3, -0.25) is 0 Å². The van der Waals surface area contributed by atoms with Crippen LogP contribution in [0.1, 0.15) is 43.6 Å². The second-order valence-corrected chi connectivity index (χ2v) is 7.77. The molecule has 0 amide bonds. The number of methoxy groups -OCH3 is 1. The summed E-state index contributed by atoms with van der Waals surface area (Å²) in [5.74, 6) is -2.59. The Balaban J connectivity index is 1.70. The average molecular weight is 434 g/mol. The van der Waals surface area contributed by atoms with Gasteiger partial charge in [-0.1, -0.05) is 24.3 Å². The van der Waals surface area contributed by atoms with Gasteiger partial charge < -0.3 is 14.2 Å². The minimum atomic E-state index is -0.974. The number of hydrogen-bond donors (Lipinski definition) is 0. The average Bonchev–Trinajstić information content (AvgIpc) is 2.78. The third-order valence-corrected chi connectivity index (χ3v) is 5.62. The molecule has 2 atom stereocenters. The first-order chi connectivity index (χ1) is 15.0. The summed E-state index contributed by atoms with van der Waals surface area (Å²) in [7, 11) is 1.64. The van der Waals surface area contributed by atoms with Gasteiger partial charge in [0.2, 0.25) is 0 Å². The van der Waals surface area contributed by atoms with Gasteiger partial charge in [-0.2, -0.15) is 0 Å². The van der Waals surface area contributed by atoms with Crippen molar-refractivity contribution in [2.45, 2.75) is 44.1 Å². The van der Waals surface area contributed by atoms with E-state index in [9.17, 15) is 13.2 Å². The van der Waals surface area contributed by atoms with Crippen LogP contribution >= 0.6 is 0 Å². The first-order valence-corrected chi connectivity index (χ1v) is 10.7. The third-order valence-electron chi connectivity index (χ3n) is 5.62. The minimum Gasteiger partial charge on any atom is -0.491 e. The van der Waals surface area contributed by atoms with Gasteiger partial charge in [0.25, 0.3) is 0 Å². The monoisotopic (exact) mass is 434 g/mol. The molecule has 1 aliphatic rings. The fourth-order valence-corrected chi connectivity index (χ4v) is 3.83. The molecular formula is C25H29F3O3. The Labute approximate surface area is 181 Å². The molecule has 2 aromatic carbocycles. The lowest BCUT2D eigenvalue weighted by molar-refractivity contribution is -0.0134. The van der Waals surface area contributed by atoms with Gasteiger partial charge in [0.05, 0.1) is 19.3 Å². The summed E-state index contributed by atoms with van der Waals surface area (Å²) in [6.45, 7) is 4.94. The first-order valence-electron chi connectivity index (χ1n) is 10.7. The number of ether oxygens (including phenoxy) is 3. The molecule has 0 aromatic heterocycles. The van der Waals surface area contributed by atoms with Gasteiger partial charge in [-0.25, -0.2) is 13.2 Å². The van der Waals surface area contributed by atoms with Crippen molar-refractivity contribution in [1.29, 1.82) is 0 Å². The van der Waals surface area contributed by atoms with Gasteiger partial charge in [0, 0.05) is 25.2 Å². The smallest absolute Gasteiger partial charge is 0.166 e. The van der Waals surface area contributed by atoms with Crippen LogP contribution in [0.15, 0.2) is 43.0 Å². The number of allylic oxidation sites excluding steroid dienone is 1. The predicted molar refractivity (Wildman–Crippen MR) is 115 cm³/mol. The van der Waals surface area contributed by atoms with E-state index in [0.29, 0.717) is 25.4 Å². The van der Waals surface area contributed by atoms with Crippen molar-refractivity contribution in [3.05, 3.63) is 66.0 Å². The van der Waals surface area contributed by atoms with E-state index < -0.39 is 17.5 Å². The molecule has 1 fully saturated rings. The zero-order chi connectivity index (χ0) is 22.2. The molecule has 0 aliphatic carbocycles. The molecular weight excluding hydrogens is 405 g/mol. The Morgan fingerprint density at radius 2 is 1.94 bits per heavy atom. The highest BCUT2D eigenvalue weighted by atomic mass is 19.2. The maximum absolute atomic E-state index is 14.9.